The zero-order valence-electron chi connectivity index (χ0n) is 20.1. The molecule has 0 saturated carbocycles. The number of carbonyl (C=O) groups excluding carboxylic acids is 2. The van der Waals surface area contributed by atoms with Crippen molar-refractivity contribution in [2.45, 2.75) is 26.4 Å². The fourth-order valence-electron chi connectivity index (χ4n) is 4.58. The first-order chi connectivity index (χ1) is 17.4. The van der Waals surface area contributed by atoms with Gasteiger partial charge in [-0.15, -0.1) is 6.58 Å². The van der Waals surface area contributed by atoms with Crippen LogP contribution in [0.4, 0.5) is 0 Å². The van der Waals surface area contributed by atoms with Crippen molar-refractivity contribution in [2.75, 3.05) is 6.54 Å². The van der Waals surface area contributed by atoms with Crippen LogP contribution in [0.1, 0.15) is 25.0 Å². The lowest BCUT2D eigenvalue weighted by Crippen LogP contribution is -2.42. The number of rotatable bonds is 5. The van der Waals surface area contributed by atoms with E-state index in [0.29, 0.717) is 16.8 Å². The fraction of sp³-hybridized carbons (Fsp3) is 0.172. The molecular formula is C29H24N4O3. The van der Waals surface area contributed by atoms with Crippen LogP contribution >= 0.6 is 0 Å². The molecule has 3 aromatic rings. The summed E-state index contributed by atoms with van der Waals surface area (Å²) in [6, 6.07) is 17.6. The molecule has 0 N–H and O–H groups in total. The Balaban J connectivity index is 1.69. The van der Waals surface area contributed by atoms with Crippen LogP contribution in [0, 0.1) is 11.3 Å². The summed E-state index contributed by atoms with van der Waals surface area (Å²) < 4.78 is 7.62. The smallest absolute Gasteiger partial charge is 0.271 e. The number of amides is 2. The molecule has 36 heavy (non-hydrogen) atoms. The molecule has 2 aliphatic rings. The Morgan fingerprint density at radius 2 is 1.97 bits per heavy atom. The molecule has 2 aromatic carbocycles. The van der Waals surface area contributed by atoms with Gasteiger partial charge in [-0.3, -0.25) is 14.5 Å². The molecule has 0 bridgehead atoms. The predicted molar refractivity (Wildman–Crippen MR) is 136 cm³/mol. The van der Waals surface area contributed by atoms with Crippen molar-refractivity contribution in [3.63, 3.8) is 0 Å². The van der Waals surface area contributed by atoms with Crippen molar-refractivity contribution in [1.29, 1.82) is 5.26 Å². The summed E-state index contributed by atoms with van der Waals surface area (Å²) in [6.07, 6.45) is 5.96. The number of benzene rings is 2. The quantitative estimate of drug-likeness (QED) is 0.304. The van der Waals surface area contributed by atoms with Gasteiger partial charge in [0.05, 0.1) is 11.4 Å². The van der Waals surface area contributed by atoms with E-state index in [9.17, 15) is 14.9 Å². The number of imide groups is 1. The largest absolute Gasteiger partial charge is 0.490 e. The molecule has 1 unspecified atom stereocenters. The van der Waals surface area contributed by atoms with E-state index in [1.165, 1.54) is 6.08 Å². The van der Waals surface area contributed by atoms with Gasteiger partial charge in [-0.2, -0.15) is 10.4 Å². The second-order valence-corrected chi connectivity index (χ2v) is 8.85. The van der Waals surface area contributed by atoms with Crippen LogP contribution in [0.2, 0.25) is 0 Å². The maximum Gasteiger partial charge on any atom is 0.271 e. The standard InChI is InChI=1S/C29H24N4O3/c1-4-12-32-28(34)24(19(3)25(16-30)29(32)35)15-22-17-33(23-8-6-5-7-9-23)31-27(22)20-10-11-26-21(14-20)13-18(2)36-26/h4-11,14-15,17-18H,1,12-13H2,2-3H3/b24-15+. The van der Waals surface area contributed by atoms with Crippen LogP contribution < -0.4 is 4.74 Å². The summed E-state index contributed by atoms with van der Waals surface area (Å²) in [4.78, 5) is 27.1. The molecule has 1 atom stereocenters. The second-order valence-electron chi connectivity index (χ2n) is 8.85. The first kappa shape index (κ1) is 23.1. The van der Waals surface area contributed by atoms with Crippen LogP contribution in [0.3, 0.4) is 0 Å². The number of nitrogens with zero attached hydrogens (tertiary/aromatic N) is 4. The normalized spacial score (nSPS) is 18.3. The molecule has 0 saturated heterocycles. The molecule has 0 spiro atoms. The lowest BCUT2D eigenvalue weighted by Gasteiger charge is -2.26. The number of ether oxygens (including phenoxy) is 1. The highest BCUT2D eigenvalue weighted by Gasteiger charge is 2.35. The SMILES string of the molecule is C=CCN1C(=O)C(C#N)=C(C)/C(=C\c2cn(-c3ccccc3)nc2-c2ccc3c(c2)CC(C)O3)C1=O. The van der Waals surface area contributed by atoms with Crippen LogP contribution in [-0.4, -0.2) is 39.1 Å². The molecule has 7 nitrogen and oxygen atoms in total. The lowest BCUT2D eigenvalue weighted by molar-refractivity contribution is -0.139. The van der Waals surface area contributed by atoms with E-state index in [-0.39, 0.29) is 23.8 Å². The monoisotopic (exact) mass is 476 g/mol. The molecule has 5 rings (SSSR count). The van der Waals surface area contributed by atoms with Gasteiger partial charge in [0.2, 0.25) is 0 Å². The molecule has 7 heteroatoms. The highest BCUT2D eigenvalue weighted by molar-refractivity contribution is 6.19. The maximum absolute atomic E-state index is 13.3. The highest BCUT2D eigenvalue weighted by Crippen LogP contribution is 2.35. The topological polar surface area (TPSA) is 88.2 Å². The summed E-state index contributed by atoms with van der Waals surface area (Å²) in [5, 5.41) is 14.5. The van der Waals surface area contributed by atoms with Gasteiger partial charge in [-0.05, 0) is 61.4 Å². The van der Waals surface area contributed by atoms with Crippen molar-refractivity contribution in [3.8, 4) is 28.8 Å². The number of carbonyl (C=O) groups is 2. The van der Waals surface area contributed by atoms with E-state index in [1.807, 2.05) is 61.7 Å². The van der Waals surface area contributed by atoms with Gasteiger partial charge < -0.3 is 4.74 Å². The molecular weight excluding hydrogens is 452 g/mol. The Kier molecular flexibility index (Phi) is 5.87. The maximum atomic E-state index is 13.3. The first-order valence-electron chi connectivity index (χ1n) is 11.7. The van der Waals surface area contributed by atoms with Gasteiger partial charge in [-0.1, -0.05) is 24.3 Å². The Bertz CT molecular complexity index is 1500. The Morgan fingerprint density at radius 1 is 1.19 bits per heavy atom. The minimum absolute atomic E-state index is 0.0204. The zero-order chi connectivity index (χ0) is 25.4. The Hall–Kier alpha value is -4.70. The molecule has 0 radical (unpaired) electrons. The number of para-hydroxylation sites is 1. The van der Waals surface area contributed by atoms with Crippen LogP contribution in [0.15, 0.2) is 84.1 Å². The molecule has 1 aromatic heterocycles. The molecule has 3 heterocycles. The van der Waals surface area contributed by atoms with E-state index >= 15 is 0 Å². The summed E-state index contributed by atoms with van der Waals surface area (Å²) in [6.45, 7) is 7.32. The lowest BCUT2D eigenvalue weighted by atomic mass is 9.93. The van der Waals surface area contributed by atoms with Crippen molar-refractivity contribution < 1.29 is 14.3 Å². The predicted octanol–water partition coefficient (Wildman–Crippen LogP) is 4.64. The van der Waals surface area contributed by atoms with E-state index in [1.54, 1.807) is 17.7 Å². The van der Waals surface area contributed by atoms with Gasteiger partial charge in [0, 0.05) is 35.9 Å². The Morgan fingerprint density at radius 3 is 2.69 bits per heavy atom. The fourth-order valence-corrected chi connectivity index (χ4v) is 4.58. The molecule has 0 fully saturated rings. The molecule has 178 valence electrons. The van der Waals surface area contributed by atoms with Gasteiger partial charge in [0.15, 0.2) is 0 Å². The minimum Gasteiger partial charge on any atom is -0.490 e. The number of hydrogen-bond donors (Lipinski definition) is 0. The number of hydrogen-bond acceptors (Lipinski definition) is 5. The summed E-state index contributed by atoms with van der Waals surface area (Å²) in [7, 11) is 0. The highest BCUT2D eigenvalue weighted by atomic mass is 16.5. The van der Waals surface area contributed by atoms with Crippen molar-refractivity contribution in [2.24, 2.45) is 0 Å². The molecule has 0 aliphatic carbocycles. The van der Waals surface area contributed by atoms with Crippen LogP contribution in [0.25, 0.3) is 23.0 Å². The third kappa shape index (κ3) is 3.93. The third-order valence-electron chi connectivity index (χ3n) is 6.37. The average Bonchev–Trinajstić information content (AvgIpc) is 3.47. The van der Waals surface area contributed by atoms with Crippen LogP contribution in [-0.2, 0) is 16.0 Å². The van der Waals surface area contributed by atoms with Crippen LogP contribution in [0.5, 0.6) is 5.75 Å². The minimum atomic E-state index is -0.606. The molecule has 2 aliphatic heterocycles. The second kappa shape index (κ2) is 9.16. The van der Waals surface area contributed by atoms with E-state index in [2.05, 4.69) is 12.6 Å². The summed E-state index contributed by atoms with van der Waals surface area (Å²) in [5.41, 5.74) is 4.80. The van der Waals surface area contributed by atoms with E-state index in [4.69, 9.17) is 9.84 Å². The zero-order valence-corrected chi connectivity index (χ0v) is 20.1. The average molecular weight is 477 g/mol. The molecule has 2 amide bonds. The Labute approximate surface area is 209 Å². The van der Waals surface area contributed by atoms with E-state index < -0.39 is 11.8 Å². The van der Waals surface area contributed by atoms with E-state index in [0.717, 1.165) is 33.9 Å². The number of aromatic nitrogens is 2. The first-order valence-corrected chi connectivity index (χ1v) is 11.7. The summed E-state index contributed by atoms with van der Waals surface area (Å²) in [5.74, 6) is -0.205. The van der Waals surface area contributed by atoms with Crippen molar-refractivity contribution in [3.05, 3.63) is 95.2 Å². The number of nitriles is 1. The van der Waals surface area contributed by atoms with Gasteiger partial charge in [0.25, 0.3) is 11.8 Å². The van der Waals surface area contributed by atoms with Gasteiger partial charge >= 0.3 is 0 Å². The van der Waals surface area contributed by atoms with Crippen molar-refractivity contribution in [1.82, 2.24) is 14.7 Å². The third-order valence-corrected chi connectivity index (χ3v) is 6.37. The van der Waals surface area contributed by atoms with Gasteiger partial charge in [-0.25, -0.2) is 4.68 Å². The van der Waals surface area contributed by atoms with Crippen molar-refractivity contribution >= 4 is 17.9 Å². The number of fused-ring (bicyclic) bond motifs is 1. The summed E-state index contributed by atoms with van der Waals surface area (Å²) >= 11 is 0. The van der Waals surface area contributed by atoms with Gasteiger partial charge in [0.1, 0.15) is 23.5 Å².